The minimum absolute atomic E-state index is 0.00470. The van der Waals surface area contributed by atoms with Gasteiger partial charge in [0, 0.05) is 19.5 Å². The molecule has 86 valence electrons. The van der Waals surface area contributed by atoms with Gasteiger partial charge in [-0.1, -0.05) is 0 Å². The Morgan fingerprint density at radius 1 is 1.67 bits per heavy atom. The fourth-order valence-corrected chi connectivity index (χ4v) is 1.17. The highest BCUT2D eigenvalue weighted by Crippen LogP contribution is 1.98. The Morgan fingerprint density at radius 3 is 2.87 bits per heavy atom. The molecule has 0 aliphatic heterocycles. The Labute approximate surface area is 90.2 Å². The first kappa shape index (κ1) is 13.9. The molecular weight excluding hydrogens is 196 g/mol. The summed E-state index contributed by atoms with van der Waals surface area (Å²) in [6.07, 6.45) is -0.305. The van der Waals surface area contributed by atoms with Crippen LogP contribution in [0.25, 0.3) is 0 Å². The lowest BCUT2D eigenvalue weighted by Gasteiger charge is -2.18. The lowest BCUT2D eigenvalue weighted by molar-refractivity contribution is -0.145. The average Bonchev–Trinajstić information content (AvgIpc) is 2.14. The minimum atomic E-state index is -0.729. The molecule has 1 N–H and O–H groups in total. The molecule has 0 aromatic rings. The lowest BCUT2D eigenvalue weighted by atomic mass is 10.2. The fourth-order valence-electron chi connectivity index (χ4n) is 1.17. The van der Waals surface area contributed by atoms with Crippen LogP contribution < -0.4 is 0 Å². The zero-order chi connectivity index (χ0) is 11.7. The summed E-state index contributed by atoms with van der Waals surface area (Å²) in [5.74, 6) is -0.390. The number of carbonyl (C=O) groups is 1. The van der Waals surface area contributed by atoms with Crippen LogP contribution in [-0.2, 0) is 9.53 Å². The van der Waals surface area contributed by atoms with Gasteiger partial charge in [0.05, 0.1) is 25.2 Å². The number of carbonyl (C=O) groups excluding carboxylic acids is 1. The van der Waals surface area contributed by atoms with Crippen molar-refractivity contribution in [3.8, 4) is 6.07 Å². The van der Waals surface area contributed by atoms with Gasteiger partial charge in [0.15, 0.2) is 0 Å². The van der Waals surface area contributed by atoms with E-state index in [-0.39, 0.29) is 6.42 Å². The number of hydrogen-bond acceptors (Lipinski definition) is 5. The lowest BCUT2D eigenvalue weighted by Crippen LogP contribution is -2.31. The predicted molar refractivity (Wildman–Crippen MR) is 55.0 cm³/mol. The van der Waals surface area contributed by atoms with Crippen molar-refractivity contribution in [3.63, 3.8) is 0 Å². The quantitative estimate of drug-likeness (QED) is 0.610. The molecule has 0 radical (unpaired) electrons. The number of likely N-dealkylation sites (N-methyl/N-ethyl adjacent to an activating group) is 1. The van der Waals surface area contributed by atoms with Gasteiger partial charge in [-0.15, -0.1) is 0 Å². The van der Waals surface area contributed by atoms with E-state index in [0.29, 0.717) is 26.1 Å². The van der Waals surface area contributed by atoms with Crippen molar-refractivity contribution in [2.45, 2.75) is 25.9 Å². The van der Waals surface area contributed by atoms with Crippen LogP contribution in [0, 0.1) is 11.3 Å². The molecule has 0 heterocycles. The monoisotopic (exact) mass is 214 g/mol. The van der Waals surface area contributed by atoms with E-state index < -0.39 is 12.1 Å². The van der Waals surface area contributed by atoms with Crippen molar-refractivity contribution in [2.75, 3.05) is 26.7 Å². The van der Waals surface area contributed by atoms with Crippen molar-refractivity contribution < 1.29 is 14.6 Å². The molecule has 0 aliphatic carbocycles. The summed E-state index contributed by atoms with van der Waals surface area (Å²) >= 11 is 0. The molecule has 0 bridgehead atoms. The highest BCUT2D eigenvalue weighted by atomic mass is 16.5. The molecule has 15 heavy (non-hydrogen) atoms. The van der Waals surface area contributed by atoms with Gasteiger partial charge in [0.1, 0.15) is 0 Å². The Bertz CT molecular complexity index is 225. The van der Waals surface area contributed by atoms with Crippen LogP contribution in [-0.4, -0.2) is 48.8 Å². The van der Waals surface area contributed by atoms with Crippen LogP contribution in [0.1, 0.15) is 19.8 Å². The Kier molecular flexibility index (Phi) is 7.60. The topological polar surface area (TPSA) is 73.6 Å². The molecule has 0 aromatic heterocycles. The van der Waals surface area contributed by atoms with Crippen LogP contribution in [0.3, 0.4) is 0 Å². The number of aliphatic hydroxyl groups is 1. The van der Waals surface area contributed by atoms with E-state index >= 15 is 0 Å². The summed E-state index contributed by atoms with van der Waals surface area (Å²) in [6, 6.07) is 2.02. The molecular formula is C10H18N2O3. The Morgan fingerprint density at radius 2 is 2.33 bits per heavy atom. The van der Waals surface area contributed by atoms with E-state index in [1.54, 1.807) is 14.0 Å². The number of rotatable bonds is 7. The van der Waals surface area contributed by atoms with Crippen molar-refractivity contribution in [1.29, 1.82) is 5.26 Å². The number of ether oxygens (including phenoxy) is 1. The summed E-state index contributed by atoms with van der Waals surface area (Å²) in [5.41, 5.74) is 0. The van der Waals surface area contributed by atoms with Gasteiger partial charge in [0.25, 0.3) is 0 Å². The Hall–Kier alpha value is -1.12. The Balaban J connectivity index is 3.68. The fraction of sp³-hybridized carbons (Fsp3) is 0.800. The zero-order valence-corrected chi connectivity index (χ0v) is 9.27. The van der Waals surface area contributed by atoms with Crippen LogP contribution in [0.2, 0.25) is 0 Å². The predicted octanol–water partition coefficient (Wildman–Crippen LogP) is 0.146. The van der Waals surface area contributed by atoms with E-state index in [1.807, 2.05) is 11.0 Å². The van der Waals surface area contributed by atoms with Gasteiger partial charge >= 0.3 is 5.97 Å². The average molecular weight is 214 g/mol. The maximum Gasteiger partial charge on any atom is 0.308 e. The molecule has 0 aliphatic rings. The number of aliphatic hydroxyl groups excluding tert-OH is 1. The second-order valence-corrected chi connectivity index (χ2v) is 3.33. The molecule has 1 unspecified atom stereocenters. The second-order valence-electron chi connectivity index (χ2n) is 3.33. The molecule has 5 heteroatoms. The first-order valence-corrected chi connectivity index (χ1v) is 4.99. The standard InChI is InChI=1S/C10H18N2O3/c1-3-15-10(14)7-9(13)8-12(2)6-4-5-11/h9,13H,3-4,6-8H2,1-2H3. The van der Waals surface area contributed by atoms with Crippen LogP contribution >= 0.6 is 0 Å². The minimum Gasteiger partial charge on any atom is -0.466 e. The largest absolute Gasteiger partial charge is 0.466 e. The van der Waals surface area contributed by atoms with E-state index in [0.717, 1.165) is 0 Å². The van der Waals surface area contributed by atoms with E-state index in [9.17, 15) is 9.90 Å². The van der Waals surface area contributed by atoms with Crippen molar-refractivity contribution in [1.82, 2.24) is 4.90 Å². The summed E-state index contributed by atoms with van der Waals surface area (Å²) in [4.78, 5) is 12.8. The molecule has 0 saturated carbocycles. The molecule has 0 spiro atoms. The van der Waals surface area contributed by atoms with E-state index in [4.69, 9.17) is 10.00 Å². The third kappa shape index (κ3) is 7.91. The number of esters is 1. The highest BCUT2D eigenvalue weighted by molar-refractivity contribution is 5.69. The first-order valence-electron chi connectivity index (χ1n) is 4.99. The molecule has 0 rings (SSSR count). The van der Waals surface area contributed by atoms with Crippen molar-refractivity contribution in [2.24, 2.45) is 0 Å². The summed E-state index contributed by atoms with van der Waals surface area (Å²) in [6.45, 7) is 3.02. The molecule has 0 fully saturated rings. The summed E-state index contributed by atoms with van der Waals surface area (Å²) in [7, 11) is 1.80. The van der Waals surface area contributed by atoms with Crippen molar-refractivity contribution in [3.05, 3.63) is 0 Å². The number of nitrogens with zero attached hydrogens (tertiary/aromatic N) is 2. The van der Waals surface area contributed by atoms with Crippen LogP contribution in [0.5, 0.6) is 0 Å². The maximum absolute atomic E-state index is 11.0. The third-order valence-electron chi connectivity index (χ3n) is 1.84. The summed E-state index contributed by atoms with van der Waals surface area (Å²) in [5, 5.41) is 17.8. The van der Waals surface area contributed by atoms with Gasteiger partial charge < -0.3 is 14.7 Å². The number of hydrogen-bond donors (Lipinski definition) is 1. The first-order chi connectivity index (χ1) is 7.10. The van der Waals surface area contributed by atoms with Gasteiger partial charge in [-0.2, -0.15) is 5.26 Å². The molecule has 0 aromatic carbocycles. The van der Waals surface area contributed by atoms with Crippen LogP contribution in [0.4, 0.5) is 0 Å². The van der Waals surface area contributed by atoms with Crippen molar-refractivity contribution >= 4 is 5.97 Å². The van der Waals surface area contributed by atoms with Gasteiger partial charge in [-0.25, -0.2) is 0 Å². The highest BCUT2D eigenvalue weighted by Gasteiger charge is 2.13. The molecule has 5 nitrogen and oxygen atoms in total. The summed E-state index contributed by atoms with van der Waals surface area (Å²) < 4.78 is 4.71. The molecule has 0 saturated heterocycles. The molecule has 1 atom stereocenters. The second kappa shape index (κ2) is 8.21. The van der Waals surface area contributed by atoms with Gasteiger partial charge in [-0.3, -0.25) is 4.79 Å². The van der Waals surface area contributed by atoms with Gasteiger partial charge in [-0.05, 0) is 14.0 Å². The smallest absolute Gasteiger partial charge is 0.308 e. The zero-order valence-electron chi connectivity index (χ0n) is 9.27. The van der Waals surface area contributed by atoms with Gasteiger partial charge in [0.2, 0.25) is 0 Å². The normalized spacial score (nSPS) is 12.2. The number of nitriles is 1. The van der Waals surface area contributed by atoms with E-state index in [1.165, 1.54) is 0 Å². The third-order valence-corrected chi connectivity index (χ3v) is 1.84. The maximum atomic E-state index is 11.0. The van der Waals surface area contributed by atoms with Crippen LogP contribution in [0.15, 0.2) is 0 Å². The SMILES string of the molecule is CCOC(=O)CC(O)CN(C)CCC#N. The molecule has 0 amide bonds. The van der Waals surface area contributed by atoms with E-state index in [2.05, 4.69) is 0 Å².